The Bertz CT molecular complexity index is 502. The topological polar surface area (TPSA) is 79.3 Å². The SMILES string of the molecule is Cc1ncccc1C(=O)NCC1CCCCC1C(=O)O. The van der Waals surface area contributed by atoms with Gasteiger partial charge in [0.25, 0.3) is 5.91 Å². The number of nitrogens with one attached hydrogen (secondary N) is 1. The number of aryl methyl sites for hydroxylation is 1. The highest BCUT2D eigenvalue weighted by molar-refractivity contribution is 5.95. The van der Waals surface area contributed by atoms with Crippen LogP contribution in [0.5, 0.6) is 0 Å². The van der Waals surface area contributed by atoms with Gasteiger partial charge < -0.3 is 10.4 Å². The lowest BCUT2D eigenvalue weighted by Gasteiger charge is -2.28. The molecule has 1 aromatic heterocycles. The van der Waals surface area contributed by atoms with E-state index in [2.05, 4.69) is 10.3 Å². The summed E-state index contributed by atoms with van der Waals surface area (Å²) in [5.74, 6) is -1.23. The summed E-state index contributed by atoms with van der Waals surface area (Å²) in [6.07, 6.45) is 5.22. The fraction of sp³-hybridized carbons (Fsp3) is 0.533. The van der Waals surface area contributed by atoms with Gasteiger partial charge in [0.1, 0.15) is 0 Å². The van der Waals surface area contributed by atoms with Gasteiger partial charge in [-0.05, 0) is 37.8 Å². The quantitative estimate of drug-likeness (QED) is 0.881. The molecule has 1 amide bonds. The van der Waals surface area contributed by atoms with Gasteiger partial charge in [0.2, 0.25) is 0 Å². The summed E-state index contributed by atoms with van der Waals surface area (Å²) in [6.45, 7) is 2.21. The molecule has 0 bridgehead atoms. The Morgan fingerprint density at radius 2 is 2.15 bits per heavy atom. The Morgan fingerprint density at radius 1 is 1.40 bits per heavy atom. The van der Waals surface area contributed by atoms with Gasteiger partial charge in [0, 0.05) is 18.4 Å². The summed E-state index contributed by atoms with van der Waals surface area (Å²) in [5, 5.41) is 12.1. The van der Waals surface area contributed by atoms with E-state index >= 15 is 0 Å². The van der Waals surface area contributed by atoms with Crippen LogP contribution in [-0.2, 0) is 4.79 Å². The Morgan fingerprint density at radius 3 is 2.85 bits per heavy atom. The van der Waals surface area contributed by atoms with Crippen LogP contribution < -0.4 is 5.32 Å². The lowest BCUT2D eigenvalue weighted by molar-refractivity contribution is -0.144. The van der Waals surface area contributed by atoms with Crippen molar-refractivity contribution in [3.05, 3.63) is 29.6 Å². The Kier molecular flexibility index (Phi) is 4.71. The third-order valence-corrected chi connectivity index (χ3v) is 4.00. The number of hydrogen-bond donors (Lipinski definition) is 2. The molecular formula is C15H20N2O3. The highest BCUT2D eigenvalue weighted by atomic mass is 16.4. The van der Waals surface area contributed by atoms with Crippen molar-refractivity contribution in [2.75, 3.05) is 6.54 Å². The monoisotopic (exact) mass is 276 g/mol. The van der Waals surface area contributed by atoms with Crippen LogP contribution in [-0.4, -0.2) is 28.5 Å². The van der Waals surface area contributed by atoms with Crippen molar-refractivity contribution in [1.82, 2.24) is 10.3 Å². The highest BCUT2D eigenvalue weighted by Crippen LogP contribution is 2.29. The van der Waals surface area contributed by atoms with Gasteiger partial charge in [-0.3, -0.25) is 14.6 Å². The number of carboxylic acid groups (broad SMARTS) is 1. The smallest absolute Gasteiger partial charge is 0.306 e. The fourth-order valence-corrected chi connectivity index (χ4v) is 2.82. The molecule has 20 heavy (non-hydrogen) atoms. The maximum atomic E-state index is 12.1. The Hall–Kier alpha value is -1.91. The molecule has 5 nitrogen and oxygen atoms in total. The first-order chi connectivity index (χ1) is 9.59. The van der Waals surface area contributed by atoms with Gasteiger partial charge in [-0.15, -0.1) is 0 Å². The molecule has 2 rings (SSSR count). The van der Waals surface area contributed by atoms with Gasteiger partial charge in [-0.25, -0.2) is 0 Å². The average Bonchev–Trinajstić information content (AvgIpc) is 2.45. The molecule has 1 aliphatic carbocycles. The number of carboxylic acids is 1. The minimum absolute atomic E-state index is 0.0298. The van der Waals surface area contributed by atoms with E-state index in [-0.39, 0.29) is 17.7 Å². The maximum absolute atomic E-state index is 12.1. The van der Waals surface area contributed by atoms with Crippen LogP contribution in [0.4, 0.5) is 0 Å². The van der Waals surface area contributed by atoms with Crippen molar-refractivity contribution in [3.63, 3.8) is 0 Å². The van der Waals surface area contributed by atoms with Crippen molar-refractivity contribution in [3.8, 4) is 0 Å². The number of hydrogen-bond acceptors (Lipinski definition) is 3. The molecule has 1 fully saturated rings. The molecule has 1 saturated carbocycles. The largest absolute Gasteiger partial charge is 0.481 e. The number of rotatable bonds is 4. The Labute approximate surface area is 118 Å². The third-order valence-electron chi connectivity index (χ3n) is 4.00. The molecule has 0 radical (unpaired) electrons. The van der Waals surface area contributed by atoms with Crippen LogP contribution in [0.1, 0.15) is 41.7 Å². The number of carbonyl (C=O) groups excluding carboxylic acids is 1. The van der Waals surface area contributed by atoms with E-state index in [4.69, 9.17) is 0 Å². The number of pyridine rings is 1. The van der Waals surface area contributed by atoms with Crippen LogP contribution in [0.3, 0.4) is 0 Å². The predicted molar refractivity (Wildman–Crippen MR) is 74.4 cm³/mol. The van der Waals surface area contributed by atoms with Gasteiger partial charge in [0.15, 0.2) is 0 Å². The van der Waals surface area contributed by atoms with Crippen LogP contribution in [0.25, 0.3) is 0 Å². The zero-order valence-corrected chi connectivity index (χ0v) is 11.6. The summed E-state index contributed by atoms with van der Waals surface area (Å²) in [6, 6.07) is 3.45. The zero-order chi connectivity index (χ0) is 14.5. The van der Waals surface area contributed by atoms with E-state index in [0.717, 1.165) is 19.3 Å². The standard InChI is InChI=1S/C15H20N2O3/c1-10-12(7-4-8-16-10)14(18)17-9-11-5-2-3-6-13(11)15(19)20/h4,7-8,11,13H,2-3,5-6,9H2,1H3,(H,17,18)(H,19,20). The van der Waals surface area contributed by atoms with Gasteiger partial charge in [-0.1, -0.05) is 12.8 Å². The maximum Gasteiger partial charge on any atom is 0.306 e. The fourth-order valence-electron chi connectivity index (χ4n) is 2.82. The minimum atomic E-state index is -0.749. The zero-order valence-electron chi connectivity index (χ0n) is 11.6. The lowest BCUT2D eigenvalue weighted by atomic mass is 9.79. The molecule has 2 atom stereocenters. The number of nitrogens with zero attached hydrogens (tertiary/aromatic N) is 1. The number of amides is 1. The van der Waals surface area contributed by atoms with Crippen LogP contribution in [0.2, 0.25) is 0 Å². The second-order valence-corrected chi connectivity index (χ2v) is 5.34. The summed E-state index contributed by atoms with van der Waals surface area (Å²) >= 11 is 0. The normalized spacial score (nSPS) is 22.2. The van der Waals surface area contributed by atoms with Crippen molar-refractivity contribution < 1.29 is 14.7 Å². The van der Waals surface area contributed by atoms with E-state index in [9.17, 15) is 14.7 Å². The first-order valence-electron chi connectivity index (χ1n) is 7.02. The first kappa shape index (κ1) is 14.5. The molecule has 108 valence electrons. The first-order valence-corrected chi connectivity index (χ1v) is 7.02. The van der Waals surface area contributed by atoms with Crippen LogP contribution >= 0.6 is 0 Å². The van der Waals surface area contributed by atoms with E-state index in [0.29, 0.717) is 24.2 Å². The van der Waals surface area contributed by atoms with Gasteiger partial charge >= 0.3 is 5.97 Å². The molecule has 0 spiro atoms. The van der Waals surface area contributed by atoms with Gasteiger partial charge in [0.05, 0.1) is 11.5 Å². The van der Waals surface area contributed by atoms with Crippen molar-refractivity contribution in [2.45, 2.75) is 32.6 Å². The Balaban J connectivity index is 1.95. The second-order valence-electron chi connectivity index (χ2n) is 5.34. The summed E-state index contributed by atoms with van der Waals surface area (Å²) < 4.78 is 0. The van der Waals surface area contributed by atoms with E-state index in [1.165, 1.54) is 0 Å². The van der Waals surface area contributed by atoms with Gasteiger partial charge in [-0.2, -0.15) is 0 Å². The number of aromatic nitrogens is 1. The summed E-state index contributed by atoms with van der Waals surface area (Å²) in [7, 11) is 0. The average molecular weight is 276 g/mol. The third kappa shape index (κ3) is 3.35. The van der Waals surface area contributed by atoms with Crippen molar-refractivity contribution in [1.29, 1.82) is 0 Å². The van der Waals surface area contributed by atoms with E-state index < -0.39 is 5.97 Å². The predicted octanol–water partition coefficient (Wildman–Crippen LogP) is 2.01. The molecule has 1 aromatic rings. The van der Waals surface area contributed by atoms with E-state index in [1.54, 1.807) is 25.3 Å². The molecule has 1 heterocycles. The molecule has 0 aliphatic heterocycles. The number of carbonyl (C=O) groups is 2. The highest BCUT2D eigenvalue weighted by Gasteiger charge is 2.30. The van der Waals surface area contributed by atoms with Crippen LogP contribution in [0.15, 0.2) is 18.3 Å². The molecule has 0 aromatic carbocycles. The van der Waals surface area contributed by atoms with Crippen molar-refractivity contribution in [2.24, 2.45) is 11.8 Å². The molecule has 0 saturated heterocycles. The second kappa shape index (κ2) is 6.50. The van der Waals surface area contributed by atoms with Crippen molar-refractivity contribution >= 4 is 11.9 Å². The molecule has 2 N–H and O–H groups in total. The van der Waals surface area contributed by atoms with E-state index in [1.807, 2.05) is 0 Å². The number of aliphatic carboxylic acids is 1. The van der Waals surface area contributed by atoms with Crippen LogP contribution in [0, 0.1) is 18.8 Å². The molecule has 1 aliphatic rings. The lowest BCUT2D eigenvalue weighted by Crippen LogP contribution is -2.37. The molecular weight excluding hydrogens is 256 g/mol. The summed E-state index contributed by atoms with van der Waals surface area (Å²) in [5.41, 5.74) is 1.23. The molecule has 2 unspecified atom stereocenters. The molecule has 5 heteroatoms. The summed E-state index contributed by atoms with van der Waals surface area (Å²) in [4.78, 5) is 27.4. The minimum Gasteiger partial charge on any atom is -0.481 e.